The van der Waals surface area contributed by atoms with Crippen LogP contribution in [0.2, 0.25) is 0 Å². The van der Waals surface area contributed by atoms with Crippen LogP contribution in [0.3, 0.4) is 0 Å². The zero-order valence-electron chi connectivity index (χ0n) is 8.90. The standard InChI is InChI=1S/C11H12BrN3S/c1-2-4-13-11-9(12)6-14-10(15-11)8-3-5-16-7-8/h3,5-7H,2,4H2,1H3,(H,13,14,15). The maximum Gasteiger partial charge on any atom is 0.162 e. The first kappa shape index (κ1) is 11.5. The van der Waals surface area contributed by atoms with Gasteiger partial charge >= 0.3 is 0 Å². The average molecular weight is 298 g/mol. The van der Waals surface area contributed by atoms with Gasteiger partial charge in [-0.05, 0) is 33.8 Å². The second-order valence-corrected chi connectivity index (χ2v) is 4.96. The number of aromatic nitrogens is 2. The molecule has 5 heteroatoms. The van der Waals surface area contributed by atoms with Crippen LogP contribution in [0.1, 0.15) is 13.3 Å². The Hall–Kier alpha value is -0.940. The predicted octanol–water partition coefficient (Wildman–Crippen LogP) is 3.79. The number of hydrogen-bond acceptors (Lipinski definition) is 4. The Bertz CT molecular complexity index is 456. The molecule has 0 aliphatic carbocycles. The fourth-order valence-corrected chi connectivity index (χ4v) is 2.23. The summed E-state index contributed by atoms with van der Waals surface area (Å²) in [4.78, 5) is 8.79. The molecule has 3 nitrogen and oxygen atoms in total. The normalized spacial score (nSPS) is 10.4. The molecule has 84 valence electrons. The molecule has 2 rings (SSSR count). The first-order valence-corrected chi connectivity index (χ1v) is 6.84. The summed E-state index contributed by atoms with van der Waals surface area (Å²) in [5.41, 5.74) is 1.07. The van der Waals surface area contributed by atoms with Gasteiger partial charge in [0.15, 0.2) is 5.82 Å². The summed E-state index contributed by atoms with van der Waals surface area (Å²) in [6, 6.07) is 2.03. The van der Waals surface area contributed by atoms with Gasteiger partial charge in [0.05, 0.1) is 4.47 Å². The topological polar surface area (TPSA) is 37.8 Å². The molecule has 0 amide bonds. The zero-order valence-corrected chi connectivity index (χ0v) is 11.3. The number of nitrogens with one attached hydrogen (secondary N) is 1. The lowest BCUT2D eigenvalue weighted by molar-refractivity contribution is 0.963. The van der Waals surface area contributed by atoms with Crippen LogP contribution in [0.4, 0.5) is 5.82 Å². The molecule has 0 aliphatic heterocycles. The van der Waals surface area contributed by atoms with Crippen molar-refractivity contribution >= 4 is 33.1 Å². The molecule has 2 aromatic heterocycles. The Kier molecular flexibility index (Phi) is 3.90. The molecule has 0 radical (unpaired) electrons. The van der Waals surface area contributed by atoms with Crippen LogP contribution in [0.5, 0.6) is 0 Å². The van der Waals surface area contributed by atoms with Gasteiger partial charge in [0.2, 0.25) is 0 Å². The van der Waals surface area contributed by atoms with E-state index >= 15 is 0 Å². The van der Waals surface area contributed by atoms with Gasteiger partial charge in [0, 0.05) is 23.7 Å². The summed E-state index contributed by atoms with van der Waals surface area (Å²) in [5, 5.41) is 7.35. The van der Waals surface area contributed by atoms with Crippen molar-refractivity contribution in [3.63, 3.8) is 0 Å². The third kappa shape index (κ3) is 2.59. The van der Waals surface area contributed by atoms with Crippen molar-refractivity contribution in [2.75, 3.05) is 11.9 Å². The largest absolute Gasteiger partial charge is 0.369 e. The zero-order chi connectivity index (χ0) is 11.4. The van der Waals surface area contributed by atoms with E-state index in [1.54, 1.807) is 17.5 Å². The number of hydrogen-bond donors (Lipinski definition) is 1. The molecule has 0 fully saturated rings. The summed E-state index contributed by atoms with van der Waals surface area (Å²) in [7, 11) is 0. The Morgan fingerprint density at radius 2 is 2.38 bits per heavy atom. The third-order valence-corrected chi connectivity index (χ3v) is 3.33. The van der Waals surface area contributed by atoms with E-state index in [9.17, 15) is 0 Å². The molecule has 0 bridgehead atoms. The number of rotatable bonds is 4. The van der Waals surface area contributed by atoms with E-state index in [0.717, 1.165) is 34.6 Å². The molecule has 0 aliphatic rings. The monoisotopic (exact) mass is 297 g/mol. The van der Waals surface area contributed by atoms with Gasteiger partial charge in [-0.2, -0.15) is 11.3 Å². The second-order valence-electron chi connectivity index (χ2n) is 3.33. The van der Waals surface area contributed by atoms with Gasteiger partial charge in [-0.3, -0.25) is 0 Å². The van der Waals surface area contributed by atoms with Crippen molar-refractivity contribution in [3.05, 3.63) is 27.5 Å². The van der Waals surface area contributed by atoms with Crippen LogP contribution in [0, 0.1) is 0 Å². The lowest BCUT2D eigenvalue weighted by atomic mass is 10.3. The summed E-state index contributed by atoms with van der Waals surface area (Å²) >= 11 is 5.09. The number of halogens is 1. The highest BCUT2D eigenvalue weighted by molar-refractivity contribution is 9.10. The second kappa shape index (κ2) is 5.41. The van der Waals surface area contributed by atoms with Crippen molar-refractivity contribution in [3.8, 4) is 11.4 Å². The van der Waals surface area contributed by atoms with Crippen molar-refractivity contribution in [2.45, 2.75) is 13.3 Å². The van der Waals surface area contributed by atoms with Crippen LogP contribution in [-0.4, -0.2) is 16.5 Å². The minimum atomic E-state index is 0.767. The molecule has 0 atom stereocenters. The Labute approximate surface area is 107 Å². The molecule has 1 N–H and O–H groups in total. The van der Waals surface area contributed by atoms with E-state index in [-0.39, 0.29) is 0 Å². The van der Waals surface area contributed by atoms with Crippen molar-refractivity contribution in [1.82, 2.24) is 9.97 Å². The molecule has 0 aromatic carbocycles. The molecular formula is C11H12BrN3S. The van der Waals surface area contributed by atoms with Crippen LogP contribution in [0.15, 0.2) is 27.5 Å². The van der Waals surface area contributed by atoms with Crippen LogP contribution in [0.25, 0.3) is 11.4 Å². The third-order valence-electron chi connectivity index (χ3n) is 2.07. The van der Waals surface area contributed by atoms with Gasteiger partial charge in [-0.1, -0.05) is 6.92 Å². The van der Waals surface area contributed by atoms with E-state index in [2.05, 4.69) is 38.1 Å². The van der Waals surface area contributed by atoms with Crippen LogP contribution >= 0.6 is 27.3 Å². The Morgan fingerprint density at radius 1 is 1.50 bits per heavy atom. The molecule has 2 heterocycles. The first-order chi connectivity index (χ1) is 7.81. The first-order valence-electron chi connectivity index (χ1n) is 5.10. The van der Waals surface area contributed by atoms with E-state index < -0.39 is 0 Å². The highest BCUT2D eigenvalue weighted by Crippen LogP contribution is 2.24. The van der Waals surface area contributed by atoms with Crippen molar-refractivity contribution in [2.24, 2.45) is 0 Å². The van der Waals surface area contributed by atoms with Crippen molar-refractivity contribution in [1.29, 1.82) is 0 Å². The highest BCUT2D eigenvalue weighted by atomic mass is 79.9. The van der Waals surface area contributed by atoms with Gasteiger partial charge in [-0.25, -0.2) is 9.97 Å². The maximum absolute atomic E-state index is 4.49. The van der Waals surface area contributed by atoms with Gasteiger partial charge in [0.25, 0.3) is 0 Å². The van der Waals surface area contributed by atoms with Gasteiger partial charge in [0.1, 0.15) is 5.82 Å². The van der Waals surface area contributed by atoms with Crippen LogP contribution < -0.4 is 5.32 Å². The van der Waals surface area contributed by atoms with E-state index in [1.807, 2.05) is 16.8 Å². The molecule has 0 spiro atoms. The van der Waals surface area contributed by atoms with Gasteiger partial charge in [-0.15, -0.1) is 0 Å². The molecule has 2 aromatic rings. The maximum atomic E-state index is 4.49. The smallest absolute Gasteiger partial charge is 0.162 e. The molecule has 0 saturated carbocycles. The minimum absolute atomic E-state index is 0.767. The highest BCUT2D eigenvalue weighted by Gasteiger charge is 2.06. The minimum Gasteiger partial charge on any atom is -0.369 e. The predicted molar refractivity (Wildman–Crippen MR) is 71.8 cm³/mol. The lowest BCUT2D eigenvalue weighted by Crippen LogP contribution is -2.04. The number of anilines is 1. The van der Waals surface area contributed by atoms with Gasteiger partial charge < -0.3 is 5.32 Å². The Morgan fingerprint density at radius 3 is 3.06 bits per heavy atom. The van der Waals surface area contributed by atoms with E-state index in [1.165, 1.54) is 0 Å². The quantitative estimate of drug-likeness (QED) is 0.933. The fraction of sp³-hybridized carbons (Fsp3) is 0.273. The Balaban J connectivity index is 2.28. The molecule has 0 unspecified atom stereocenters. The summed E-state index contributed by atoms with van der Waals surface area (Å²) < 4.78 is 0.903. The number of nitrogens with zero attached hydrogens (tertiary/aromatic N) is 2. The van der Waals surface area contributed by atoms with Crippen molar-refractivity contribution < 1.29 is 0 Å². The lowest BCUT2D eigenvalue weighted by Gasteiger charge is -2.07. The molecule has 16 heavy (non-hydrogen) atoms. The van der Waals surface area contributed by atoms with Crippen LogP contribution in [-0.2, 0) is 0 Å². The number of thiophene rings is 1. The van der Waals surface area contributed by atoms with E-state index in [0.29, 0.717) is 0 Å². The van der Waals surface area contributed by atoms with E-state index in [4.69, 9.17) is 0 Å². The molecular weight excluding hydrogens is 286 g/mol. The summed E-state index contributed by atoms with van der Waals surface area (Å²) in [6.07, 6.45) is 2.86. The molecule has 0 saturated heterocycles. The summed E-state index contributed by atoms with van der Waals surface area (Å²) in [6.45, 7) is 3.04. The fourth-order valence-electron chi connectivity index (χ4n) is 1.27. The SMILES string of the molecule is CCCNc1nc(-c2ccsc2)ncc1Br. The summed E-state index contributed by atoms with van der Waals surface area (Å²) in [5.74, 6) is 1.63. The average Bonchev–Trinajstić information content (AvgIpc) is 2.81.